The van der Waals surface area contributed by atoms with E-state index >= 15 is 0 Å². The molecule has 1 aromatic carbocycles. The van der Waals surface area contributed by atoms with Crippen molar-refractivity contribution < 1.29 is 0 Å². The molecule has 90 valence electrons. The standard InChI is InChI=1S/C13H16ClN3/c1-9(15)13-7-16-8-17(13)10(2)11-4-3-5-12(14)6-11/h3-10H,15H2,1-2H3. The quantitative estimate of drug-likeness (QED) is 0.908. The maximum atomic E-state index is 6.00. The normalized spacial score (nSPS) is 14.6. The number of halogens is 1. The van der Waals surface area contributed by atoms with Gasteiger partial charge in [0.15, 0.2) is 0 Å². The smallest absolute Gasteiger partial charge is 0.0954 e. The summed E-state index contributed by atoms with van der Waals surface area (Å²) in [5.74, 6) is 0. The number of benzene rings is 1. The molecule has 2 aromatic rings. The predicted octanol–water partition coefficient (Wildman–Crippen LogP) is 3.17. The van der Waals surface area contributed by atoms with Crippen LogP contribution in [0.2, 0.25) is 5.02 Å². The molecule has 0 radical (unpaired) electrons. The highest BCUT2D eigenvalue weighted by molar-refractivity contribution is 6.30. The van der Waals surface area contributed by atoms with Crippen molar-refractivity contribution in [2.75, 3.05) is 0 Å². The van der Waals surface area contributed by atoms with Crippen molar-refractivity contribution in [1.82, 2.24) is 9.55 Å². The first-order valence-electron chi connectivity index (χ1n) is 5.62. The second-order valence-electron chi connectivity index (χ2n) is 4.25. The van der Waals surface area contributed by atoms with Crippen molar-refractivity contribution >= 4 is 11.6 Å². The molecule has 0 amide bonds. The van der Waals surface area contributed by atoms with Gasteiger partial charge in [0.2, 0.25) is 0 Å². The van der Waals surface area contributed by atoms with Crippen LogP contribution in [0.5, 0.6) is 0 Å². The zero-order valence-corrected chi connectivity index (χ0v) is 10.7. The van der Waals surface area contributed by atoms with Crippen LogP contribution in [0.4, 0.5) is 0 Å². The molecule has 4 heteroatoms. The molecule has 1 heterocycles. The van der Waals surface area contributed by atoms with Crippen molar-refractivity contribution in [3.05, 3.63) is 53.1 Å². The molecular formula is C13H16ClN3. The number of hydrogen-bond acceptors (Lipinski definition) is 2. The van der Waals surface area contributed by atoms with Crippen molar-refractivity contribution in [2.45, 2.75) is 25.9 Å². The highest BCUT2D eigenvalue weighted by Crippen LogP contribution is 2.24. The molecule has 0 aliphatic rings. The second kappa shape index (κ2) is 4.90. The molecule has 3 nitrogen and oxygen atoms in total. The van der Waals surface area contributed by atoms with Gasteiger partial charge in [-0.1, -0.05) is 23.7 Å². The second-order valence-corrected chi connectivity index (χ2v) is 4.68. The Kier molecular flexibility index (Phi) is 3.50. The number of rotatable bonds is 3. The summed E-state index contributed by atoms with van der Waals surface area (Å²) in [5, 5.41) is 0.747. The molecule has 2 N–H and O–H groups in total. The minimum Gasteiger partial charge on any atom is -0.326 e. The molecule has 0 bridgehead atoms. The average molecular weight is 250 g/mol. The van der Waals surface area contributed by atoms with Gasteiger partial charge in [-0.2, -0.15) is 0 Å². The van der Waals surface area contributed by atoms with E-state index in [1.807, 2.05) is 37.6 Å². The van der Waals surface area contributed by atoms with Crippen LogP contribution in [-0.2, 0) is 0 Å². The van der Waals surface area contributed by atoms with Crippen LogP contribution < -0.4 is 5.73 Å². The first kappa shape index (κ1) is 12.1. The van der Waals surface area contributed by atoms with Gasteiger partial charge in [-0.15, -0.1) is 0 Å². The van der Waals surface area contributed by atoms with Gasteiger partial charge in [0.05, 0.1) is 18.1 Å². The fourth-order valence-corrected chi connectivity index (χ4v) is 2.12. The van der Waals surface area contributed by atoms with Gasteiger partial charge >= 0.3 is 0 Å². The third-order valence-electron chi connectivity index (χ3n) is 2.91. The van der Waals surface area contributed by atoms with E-state index in [-0.39, 0.29) is 12.1 Å². The van der Waals surface area contributed by atoms with Gasteiger partial charge in [-0.25, -0.2) is 4.98 Å². The van der Waals surface area contributed by atoms with Crippen molar-refractivity contribution in [2.24, 2.45) is 5.73 Å². The third kappa shape index (κ3) is 2.51. The Morgan fingerprint density at radius 1 is 1.35 bits per heavy atom. The Bertz CT molecular complexity index is 505. The Labute approximate surface area is 106 Å². The summed E-state index contributed by atoms with van der Waals surface area (Å²) >= 11 is 6.00. The van der Waals surface area contributed by atoms with Crippen molar-refractivity contribution in [3.63, 3.8) is 0 Å². The monoisotopic (exact) mass is 249 g/mol. The molecule has 2 atom stereocenters. The minimum atomic E-state index is -0.0286. The van der Waals surface area contributed by atoms with Crippen molar-refractivity contribution in [3.8, 4) is 0 Å². The average Bonchev–Trinajstić information content (AvgIpc) is 2.77. The summed E-state index contributed by atoms with van der Waals surface area (Å²) in [5.41, 5.74) is 8.09. The lowest BCUT2D eigenvalue weighted by molar-refractivity contribution is 0.582. The summed E-state index contributed by atoms with van der Waals surface area (Å²) in [6.45, 7) is 4.07. The minimum absolute atomic E-state index is 0.0286. The lowest BCUT2D eigenvalue weighted by Crippen LogP contribution is -2.15. The number of nitrogens with two attached hydrogens (primary N) is 1. The molecule has 0 saturated heterocycles. The van der Waals surface area contributed by atoms with E-state index in [1.165, 1.54) is 0 Å². The van der Waals surface area contributed by atoms with Gasteiger partial charge < -0.3 is 10.3 Å². The first-order valence-corrected chi connectivity index (χ1v) is 6.00. The highest BCUT2D eigenvalue weighted by atomic mass is 35.5. The van der Waals surface area contributed by atoms with Gasteiger partial charge in [0.25, 0.3) is 0 Å². The molecule has 0 aliphatic carbocycles. The van der Waals surface area contributed by atoms with E-state index in [1.54, 1.807) is 0 Å². The van der Waals surface area contributed by atoms with E-state index in [2.05, 4.69) is 22.5 Å². The topological polar surface area (TPSA) is 43.8 Å². The summed E-state index contributed by atoms with van der Waals surface area (Å²) < 4.78 is 2.08. The lowest BCUT2D eigenvalue weighted by atomic mass is 10.1. The van der Waals surface area contributed by atoms with Crippen LogP contribution in [0.15, 0.2) is 36.8 Å². The number of aromatic nitrogens is 2. The van der Waals surface area contributed by atoms with E-state index in [0.717, 1.165) is 16.3 Å². The fourth-order valence-electron chi connectivity index (χ4n) is 1.92. The molecule has 1 aromatic heterocycles. The Morgan fingerprint density at radius 3 is 2.76 bits per heavy atom. The summed E-state index contributed by atoms with van der Waals surface area (Å²) in [4.78, 5) is 4.16. The Hall–Kier alpha value is -1.32. The van der Waals surface area contributed by atoms with E-state index < -0.39 is 0 Å². The maximum Gasteiger partial charge on any atom is 0.0954 e. The Morgan fingerprint density at radius 2 is 2.12 bits per heavy atom. The van der Waals surface area contributed by atoms with Crippen LogP contribution in [-0.4, -0.2) is 9.55 Å². The number of nitrogens with zero attached hydrogens (tertiary/aromatic N) is 2. The van der Waals surface area contributed by atoms with E-state index in [0.29, 0.717) is 0 Å². The zero-order chi connectivity index (χ0) is 12.4. The maximum absolute atomic E-state index is 6.00. The number of hydrogen-bond donors (Lipinski definition) is 1. The number of imidazole rings is 1. The van der Waals surface area contributed by atoms with Crippen LogP contribution >= 0.6 is 11.6 Å². The summed E-state index contributed by atoms with van der Waals surface area (Å²) in [7, 11) is 0. The van der Waals surface area contributed by atoms with Crippen LogP contribution in [0.1, 0.15) is 37.2 Å². The molecule has 2 rings (SSSR count). The largest absolute Gasteiger partial charge is 0.326 e. The molecule has 2 unspecified atom stereocenters. The van der Waals surface area contributed by atoms with E-state index in [9.17, 15) is 0 Å². The first-order chi connectivity index (χ1) is 8.09. The molecule has 0 spiro atoms. The molecule has 0 aliphatic heterocycles. The predicted molar refractivity (Wildman–Crippen MR) is 70.1 cm³/mol. The highest BCUT2D eigenvalue weighted by Gasteiger charge is 2.13. The van der Waals surface area contributed by atoms with Crippen LogP contribution in [0.25, 0.3) is 0 Å². The van der Waals surface area contributed by atoms with Gasteiger partial charge in [0, 0.05) is 17.3 Å². The SMILES string of the molecule is CC(N)c1cncn1C(C)c1cccc(Cl)c1. The molecule has 0 saturated carbocycles. The Balaban J connectivity index is 2.37. The van der Waals surface area contributed by atoms with Gasteiger partial charge in [-0.05, 0) is 31.5 Å². The van der Waals surface area contributed by atoms with Crippen molar-refractivity contribution in [1.29, 1.82) is 0 Å². The summed E-state index contributed by atoms with van der Waals surface area (Å²) in [6.07, 6.45) is 3.62. The van der Waals surface area contributed by atoms with Crippen LogP contribution in [0, 0.1) is 0 Å². The van der Waals surface area contributed by atoms with E-state index in [4.69, 9.17) is 17.3 Å². The summed E-state index contributed by atoms with van der Waals surface area (Å²) in [6, 6.07) is 8.00. The van der Waals surface area contributed by atoms with Gasteiger partial charge in [0.1, 0.15) is 0 Å². The van der Waals surface area contributed by atoms with Crippen LogP contribution in [0.3, 0.4) is 0 Å². The molecular weight excluding hydrogens is 234 g/mol. The fraction of sp³-hybridized carbons (Fsp3) is 0.308. The molecule has 17 heavy (non-hydrogen) atoms. The zero-order valence-electron chi connectivity index (χ0n) is 9.97. The third-order valence-corrected chi connectivity index (χ3v) is 3.15. The lowest BCUT2D eigenvalue weighted by Gasteiger charge is -2.18. The molecule has 0 fully saturated rings. The van der Waals surface area contributed by atoms with Gasteiger partial charge in [-0.3, -0.25) is 0 Å².